The molecule has 1 N–H and O–H groups in total. The van der Waals surface area contributed by atoms with E-state index in [4.69, 9.17) is 9.84 Å². The summed E-state index contributed by atoms with van der Waals surface area (Å²) in [6.45, 7) is 2.74. The number of amides is 1. The molecule has 1 amide bonds. The Kier molecular flexibility index (Phi) is 4.61. The lowest BCUT2D eigenvalue weighted by atomic mass is 10.2. The summed E-state index contributed by atoms with van der Waals surface area (Å²) in [6.07, 6.45) is -0.863. The number of carbonyl (C=O) groups is 1. The van der Waals surface area contributed by atoms with Crippen molar-refractivity contribution < 1.29 is 14.6 Å². The highest BCUT2D eigenvalue weighted by atomic mass is 16.5. The van der Waals surface area contributed by atoms with E-state index in [0.717, 1.165) is 11.4 Å². The van der Waals surface area contributed by atoms with Crippen molar-refractivity contribution in [3.05, 3.63) is 54.1 Å². The third-order valence-corrected chi connectivity index (χ3v) is 3.81. The van der Waals surface area contributed by atoms with Gasteiger partial charge in [0.2, 0.25) is 5.88 Å². The molecule has 6 nitrogen and oxygen atoms in total. The van der Waals surface area contributed by atoms with E-state index in [1.807, 2.05) is 48.5 Å². The van der Waals surface area contributed by atoms with Crippen molar-refractivity contribution in [1.82, 2.24) is 9.88 Å². The summed E-state index contributed by atoms with van der Waals surface area (Å²) in [5.41, 5.74) is 1.09. The minimum Gasteiger partial charge on any atom is -0.473 e. The lowest BCUT2D eigenvalue weighted by Gasteiger charge is -2.33. The summed E-state index contributed by atoms with van der Waals surface area (Å²) < 4.78 is 5.74. The Labute approximate surface area is 134 Å². The number of pyridine rings is 1. The van der Waals surface area contributed by atoms with Crippen LogP contribution in [0.2, 0.25) is 0 Å². The number of nitrogens with zero attached hydrogens (tertiary/aromatic N) is 3. The number of carboxylic acid groups (broad SMARTS) is 1. The lowest BCUT2D eigenvalue weighted by molar-refractivity contribution is 0.142. The van der Waals surface area contributed by atoms with E-state index in [0.29, 0.717) is 38.7 Å². The maximum absolute atomic E-state index is 10.9. The zero-order valence-electron chi connectivity index (χ0n) is 12.8. The molecular formula is C17H19N3O3. The Morgan fingerprint density at radius 2 is 1.78 bits per heavy atom. The van der Waals surface area contributed by atoms with Gasteiger partial charge in [-0.05, 0) is 11.6 Å². The number of benzene rings is 1. The molecule has 0 aliphatic carbocycles. The lowest BCUT2D eigenvalue weighted by Crippen LogP contribution is -2.48. The average molecular weight is 313 g/mol. The van der Waals surface area contributed by atoms with Crippen molar-refractivity contribution >= 4 is 11.9 Å². The molecule has 0 radical (unpaired) electrons. The molecule has 23 heavy (non-hydrogen) atoms. The number of ether oxygens (including phenoxy) is 1. The zero-order chi connectivity index (χ0) is 16.1. The fraction of sp³-hybridized carbons (Fsp3) is 0.294. The molecule has 0 unspecified atom stereocenters. The number of aromatic nitrogens is 1. The average Bonchev–Trinajstić information content (AvgIpc) is 2.61. The van der Waals surface area contributed by atoms with Crippen molar-refractivity contribution in [3.63, 3.8) is 0 Å². The van der Waals surface area contributed by atoms with Crippen LogP contribution in [0.15, 0.2) is 48.5 Å². The Bertz CT molecular complexity index is 655. The zero-order valence-corrected chi connectivity index (χ0v) is 12.8. The van der Waals surface area contributed by atoms with Crippen LogP contribution in [0.4, 0.5) is 10.6 Å². The van der Waals surface area contributed by atoms with E-state index in [9.17, 15) is 4.79 Å². The van der Waals surface area contributed by atoms with Crippen LogP contribution in [0.25, 0.3) is 0 Å². The molecule has 6 heteroatoms. The molecule has 0 bridgehead atoms. The van der Waals surface area contributed by atoms with Gasteiger partial charge in [-0.3, -0.25) is 0 Å². The van der Waals surface area contributed by atoms with Crippen LogP contribution in [-0.2, 0) is 6.61 Å². The molecule has 120 valence electrons. The topological polar surface area (TPSA) is 65.9 Å². The van der Waals surface area contributed by atoms with E-state index >= 15 is 0 Å². The molecule has 1 aromatic carbocycles. The van der Waals surface area contributed by atoms with Crippen LogP contribution in [-0.4, -0.2) is 47.3 Å². The van der Waals surface area contributed by atoms with E-state index in [2.05, 4.69) is 9.88 Å². The number of rotatable bonds is 4. The monoisotopic (exact) mass is 313 g/mol. The van der Waals surface area contributed by atoms with Crippen molar-refractivity contribution in [2.75, 3.05) is 31.1 Å². The number of anilines is 1. The minimum atomic E-state index is -0.863. The van der Waals surface area contributed by atoms with Gasteiger partial charge >= 0.3 is 6.09 Å². The summed E-state index contributed by atoms with van der Waals surface area (Å²) in [5.74, 6) is 1.40. The molecule has 1 fully saturated rings. The predicted octanol–water partition coefficient (Wildman–Crippen LogP) is 2.46. The SMILES string of the molecule is O=C(O)N1CCN(c2cccc(OCc3ccccc3)n2)CC1. The van der Waals surface area contributed by atoms with Crippen LogP contribution in [0, 0.1) is 0 Å². The first-order valence-corrected chi connectivity index (χ1v) is 7.59. The maximum atomic E-state index is 10.9. The van der Waals surface area contributed by atoms with Crippen LogP contribution in [0.5, 0.6) is 5.88 Å². The summed E-state index contributed by atoms with van der Waals surface area (Å²) in [7, 11) is 0. The highest BCUT2D eigenvalue weighted by Gasteiger charge is 2.21. The fourth-order valence-corrected chi connectivity index (χ4v) is 2.52. The fourth-order valence-electron chi connectivity index (χ4n) is 2.52. The van der Waals surface area contributed by atoms with Gasteiger partial charge in [0.25, 0.3) is 0 Å². The van der Waals surface area contributed by atoms with Crippen molar-refractivity contribution in [3.8, 4) is 5.88 Å². The van der Waals surface area contributed by atoms with E-state index in [1.165, 1.54) is 4.90 Å². The Morgan fingerprint density at radius 3 is 2.48 bits per heavy atom. The summed E-state index contributed by atoms with van der Waals surface area (Å²) in [4.78, 5) is 19.0. The number of hydrogen-bond acceptors (Lipinski definition) is 4. The summed E-state index contributed by atoms with van der Waals surface area (Å²) >= 11 is 0. The number of hydrogen-bond donors (Lipinski definition) is 1. The quantitative estimate of drug-likeness (QED) is 0.939. The van der Waals surface area contributed by atoms with Gasteiger partial charge < -0.3 is 19.6 Å². The summed E-state index contributed by atoms with van der Waals surface area (Å²) in [6, 6.07) is 15.6. The molecule has 3 rings (SSSR count). The largest absolute Gasteiger partial charge is 0.473 e. The van der Waals surface area contributed by atoms with Gasteiger partial charge in [-0.1, -0.05) is 36.4 Å². The van der Waals surface area contributed by atoms with Gasteiger partial charge in [0, 0.05) is 32.2 Å². The highest BCUT2D eigenvalue weighted by molar-refractivity contribution is 5.65. The molecule has 0 saturated carbocycles. The van der Waals surface area contributed by atoms with Crippen molar-refractivity contribution in [2.45, 2.75) is 6.61 Å². The molecule has 1 aliphatic heterocycles. The van der Waals surface area contributed by atoms with Gasteiger partial charge in [0.1, 0.15) is 12.4 Å². The van der Waals surface area contributed by atoms with Gasteiger partial charge in [-0.2, -0.15) is 4.98 Å². The molecule has 2 heterocycles. The van der Waals surface area contributed by atoms with Gasteiger partial charge in [0.05, 0.1) is 0 Å². The maximum Gasteiger partial charge on any atom is 0.407 e. The van der Waals surface area contributed by atoms with Crippen molar-refractivity contribution in [1.29, 1.82) is 0 Å². The van der Waals surface area contributed by atoms with Crippen LogP contribution in [0.3, 0.4) is 0 Å². The second kappa shape index (κ2) is 7.00. The Morgan fingerprint density at radius 1 is 1.04 bits per heavy atom. The van der Waals surface area contributed by atoms with E-state index in [-0.39, 0.29) is 0 Å². The van der Waals surface area contributed by atoms with Crippen LogP contribution < -0.4 is 9.64 Å². The molecule has 0 spiro atoms. The van der Waals surface area contributed by atoms with Gasteiger partial charge in [0.15, 0.2) is 0 Å². The molecule has 2 aromatic rings. The number of piperazine rings is 1. The van der Waals surface area contributed by atoms with E-state index < -0.39 is 6.09 Å². The first-order chi connectivity index (χ1) is 11.2. The van der Waals surface area contributed by atoms with Crippen LogP contribution in [0.1, 0.15) is 5.56 Å². The highest BCUT2D eigenvalue weighted by Crippen LogP contribution is 2.18. The summed E-state index contributed by atoms with van der Waals surface area (Å²) in [5, 5.41) is 8.99. The molecular weight excluding hydrogens is 294 g/mol. The second-order valence-corrected chi connectivity index (χ2v) is 5.36. The first-order valence-electron chi connectivity index (χ1n) is 7.59. The molecule has 0 atom stereocenters. The van der Waals surface area contributed by atoms with Crippen molar-refractivity contribution in [2.24, 2.45) is 0 Å². The standard InChI is InChI=1S/C17H19N3O3/c21-17(22)20-11-9-19(10-12-20)15-7-4-8-16(18-15)23-13-14-5-2-1-3-6-14/h1-8H,9-13H2,(H,21,22). The van der Waals surface area contributed by atoms with Gasteiger partial charge in [-0.25, -0.2) is 4.79 Å². The Hall–Kier alpha value is -2.76. The molecule has 1 saturated heterocycles. The normalized spacial score (nSPS) is 14.6. The third-order valence-electron chi connectivity index (χ3n) is 3.81. The van der Waals surface area contributed by atoms with E-state index in [1.54, 1.807) is 0 Å². The third kappa shape index (κ3) is 3.91. The second-order valence-electron chi connectivity index (χ2n) is 5.36. The van der Waals surface area contributed by atoms with Crippen LogP contribution >= 0.6 is 0 Å². The molecule has 1 aromatic heterocycles. The molecule has 1 aliphatic rings. The predicted molar refractivity (Wildman–Crippen MR) is 86.8 cm³/mol. The Balaban J connectivity index is 1.60. The smallest absolute Gasteiger partial charge is 0.407 e. The minimum absolute atomic E-state index is 0.476. The first kappa shape index (κ1) is 15.1. The van der Waals surface area contributed by atoms with Gasteiger partial charge in [-0.15, -0.1) is 0 Å².